The minimum atomic E-state index is -4.52. The van der Waals surface area contributed by atoms with E-state index in [-0.39, 0.29) is 29.5 Å². The Morgan fingerprint density at radius 3 is 2.65 bits per heavy atom. The Labute approximate surface area is 172 Å². The molecule has 0 saturated carbocycles. The molecule has 0 aliphatic rings. The molecular weight excluding hydrogens is 417 g/mol. The first kappa shape index (κ1) is 20.4. The third-order valence-corrected chi connectivity index (χ3v) is 4.57. The number of hydrogen-bond acceptors (Lipinski definition) is 6. The molecule has 0 radical (unpaired) electrons. The highest BCUT2D eigenvalue weighted by atomic mass is 19.4. The van der Waals surface area contributed by atoms with Crippen LogP contribution in [0.5, 0.6) is 5.75 Å². The normalized spacial score (nSPS) is 11.7. The van der Waals surface area contributed by atoms with Gasteiger partial charge in [0.05, 0.1) is 16.5 Å². The second kappa shape index (κ2) is 7.74. The summed E-state index contributed by atoms with van der Waals surface area (Å²) in [5.41, 5.74) is -0.573. The minimum Gasteiger partial charge on any atom is -0.482 e. The fourth-order valence-corrected chi connectivity index (χ4v) is 3.08. The highest BCUT2D eigenvalue weighted by Crippen LogP contribution is 2.31. The summed E-state index contributed by atoms with van der Waals surface area (Å²) in [5, 5.41) is 8.41. The molecule has 4 rings (SSSR count). The van der Waals surface area contributed by atoms with Gasteiger partial charge in [0.15, 0.2) is 19.0 Å². The Morgan fingerprint density at radius 1 is 1.10 bits per heavy atom. The first-order valence-corrected chi connectivity index (χ1v) is 9.03. The van der Waals surface area contributed by atoms with E-state index in [2.05, 4.69) is 10.2 Å². The molecule has 0 N–H and O–H groups in total. The van der Waals surface area contributed by atoms with Crippen molar-refractivity contribution in [1.82, 2.24) is 19.2 Å². The van der Waals surface area contributed by atoms with Gasteiger partial charge in [-0.3, -0.25) is 13.8 Å². The Balaban J connectivity index is 1.49. The van der Waals surface area contributed by atoms with E-state index in [1.807, 2.05) is 0 Å². The summed E-state index contributed by atoms with van der Waals surface area (Å²) >= 11 is 0. The van der Waals surface area contributed by atoms with Crippen molar-refractivity contribution < 1.29 is 27.4 Å². The molecule has 11 heteroatoms. The van der Waals surface area contributed by atoms with Crippen LogP contribution in [0.25, 0.3) is 16.7 Å². The van der Waals surface area contributed by atoms with Crippen LogP contribution in [0.3, 0.4) is 0 Å². The third kappa shape index (κ3) is 3.93. The van der Waals surface area contributed by atoms with Gasteiger partial charge in [0, 0.05) is 7.05 Å². The highest BCUT2D eigenvalue weighted by molar-refractivity contribution is 5.80. The van der Waals surface area contributed by atoms with E-state index >= 15 is 0 Å². The summed E-state index contributed by atoms with van der Waals surface area (Å²) in [5.74, 6) is -0.367. The second-order valence-corrected chi connectivity index (χ2v) is 6.61. The predicted octanol–water partition coefficient (Wildman–Crippen LogP) is 2.72. The molecule has 0 unspecified atom stereocenters. The molecule has 2 aromatic carbocycles. The summed E-state index contributed by atoms with van der Waals surface area (Å²) in [6, 6.07) is 11.0. The van der Waals surface area contributed by atoms with E-state index in [9.17, 15) is 22.8 Å². The average Bonchev–Trinajstić information content (AvgIpc) is 3.18. The molecule has 160 valence electrons. The molecule has 0 atom stereocenters. The SMILES string of the molecule is Cn1c(=O)c2ccccc2n2c(COC(=O)COc3cccc(C(F)(F)F)c3)nnc12. The lowest BCUT2D eigenvalue weighted by atomic mass is 10.2. The molecule has 0 spiro atoms. The van der Waals surface area contributed by atoms with Crippen LogP contribution in [0.1, 0.15) is 11.4 Å². The summed E-state index contributed by atoms with van der Waals surface area (Å²) in [6.45, 7) is -0.856. The monoisotopic (exact) mass is 432 g/mol. The molecule has 0 bridgehead atoms. The molecule has 8 nitrogen and oxygen atoms in total. The maximum absolute atomic E-state index is 12.8. The molecule has 0 amide bonds. The number of esters is 1. The second-order valence-electron chi connectivity index (χ2n) is 6.61. The quantitative estimate of drug-likeness (QED) is 0.451. The van der Waals surface area contributed by atoms with E-state index in [0.29, 0.717) is 10.9 Å². The maximum atomic E-state index is 12.8. The van der Waals surface area contributed by atoms with Gasteiger partial charge in [-0.15, -0.1) is 10.2 Å². The van der Waals surface area contributed by atoms with Crippen LogP contribution in [0.2, 0.25) is 0 Å². The van der Waals surface area contributed by atoms with Crippen LogP contribution in [0, 0.1) is 0 Å². The van der Waals surface area contributed by atoms with Crippen LogP contribution in [0.15, 0.2) is 53.3 Å². The van der Waals surface area contributed by atoms with E-state index in [4.69, 9.17) is 9.47 Å². The molecule has 0 saturated heterocycles. The zero-order valence-corrected chi connectivity index (χ0v) is 16.1. The maximum Gasteiger partial charge on any atom is 0.416 e. The molecule has 2 aromatic heterocycles. The first-order chi connectivity index (χ1) is 14.8. The highest BCUT2D eigenvalue weighted by Gasteiger charge is 2.30. The number of halogens is 3. The first-order valence-electron chi connectivity index (χ1n) is 9.03. The zero-order chi connectivity index (χ0) is 22.2. The number of hydrogen-bond donors (Lipinski definition) is 0. The number of aromatic nitrogens is 4. The Morgan fingerprint density at radius 2 is 1.87 bits per heavy atom. The van der Waals surface area contributed by atoms with Crippen molar-refractivity contribution in [2.75, 3.05) is 6.61 Å². The molecule has 0 aliphatic carbocycles. The Bertz CT molecular complexity index is 1340. The number of rotatable bonds is 5. The molecule has 0 fully saturated rings. The lowest BCUT2D eigenvalue weighted by Gasteiger charge is -2.10. The van der Waals surface area contributed by atoms with Gasteiger partial charge in [-0.2, -0.15) is 13.2 Å². The Hall–Kier alpha value is -3.89. The smallest absolute Gasteiger partial charge is 0.416 e. The lowest BCUT2D eigenvalue weighted by Crippen LogP contribution is -2.21. The largest absolute Gasteiger partial charge is 0.482 e. The number of alkyl halides is 3. The van der Waals surface area contributed by atoms with Gasteiger partial charge in [-0.25, -0.2) is 4.79 Å². The average molecular weight is 432 g/mol. The van der Waals surface area contributed by atoms with E-state index in [1.54, 1.807) is 35.7 Å². The van der Waals surface area contributed by atoms with Crippen molar-refractivity contribution in [2.45, 2.75) is 12.8 Å². The van der Waals surface area contributed by atoms with E-state index in [0.717, 1.165) is 12.1 Å². The van der Waals surface area contributed by atoms with Gasteiger partial charge in [0.25, 0.3) is 5.56 Å². The van der Waals surface area contributed by atoms with E-state index in [1.165, 1.54) is 16.7 Å². The number of nitrogens with zero attached hydrogens (tertiary/aromatic N) is 4. The van der Waals surface area contributed by atoms with Gasteiger partial charge in [-0.05, 0) is 30.3 Å². The summed E-state index contributed by atoms with van der Waals surface area (Å²) < 4.78 is 51.4. The third-order valence-electron chi connectivity index (χ3n) is 4.57. The summed E-state index contributed by atoms with van der Waals surface area (Å²) in [4.78, 5) is 24.5. The van der Waals surface area contributed by atoms with Gasteiger partial charge >= 0.3 is 12.1 Å². The standard InChI is InChI=1S/C20H15F3N4O4/c1-26-18(29)14-7-2-3-8-15(14)27-16(24-25-19(26)27)10-31-17(28)11-30-13-6-4-5-12(9-13)20(21,22)23/h2-9H,10-11H2,1H3. The molecular formula is C20H15F3N4O4. The van der Waals surface area contributed by atoms with Crippen LogP contribution in [-0.4, -0.2) is 31.7 Å². The number of ether oxygens (including phenoxy) is 2. The minimum absolute atomic E-state index is 0.110. The molecule has 2 heterocycles. The summed E-state index contributed by atoms with van der Waals surface area (Å²) in [6.07, 6.45) is -4.52. The van der Waals surface area contributed by atoms with Crippen molar-refractivity contribution in [2.24, 2.45) is 7.05 Å². The summed E-state index contributed by atoms with van der Waals surface area (Å²) in [7, 11) is 1.55. The number of fused-ring (bicyclic) bond motifs is 3. The zero-order valence-electron chi connectivity index (χ0n) is 16.1. The van der Waals surface area contributed by atoms with Crippen LogP contribution >= 0.6 is 0 Å². The number of carbonyl (C=O) groups is 1. The van der Waals surface area contributed by atoms with Gasteiger partial charge in [0.2, 0.25) is 5.78 Å². The van der Waals surface area contributed by atoms with E-state index < -0.39 is 24.3 Å². The van der Waals surface area contributed by atoms with Crippen LogP contribution < -0.4 is 10.3 Å². The van der Waals surface area contributed by atoms with Gasteiger partial charge in [0.1, 0.15) is 5.75 Å². The van der Waals surface area contributed by atoms with Gasteiger partial charge in [-0.1, -0.05) is 18.2 Å². The molecule has 4 aromatic rings. The van der Waals surface area contributed by atoms with Crippen molar-refractivity contribution >= 4 is 22.6 Å². The number of carbonyl (C=O) groups excluding carboxylic acids is 1. The Kier molecular flexibility index (Phi) is 5.09. The van der Waals surface area contributed by atoms with Crippen LogP contribution in [-0.2, 0) is 29.4 Å². The lowest BCUT2D eigenvalue weighted by molar-refractivity contribution is -0.147. The molecule has 0 aliphatic heterocycles. The number of aryl methyl sites for hydroxylation is 1. The topological polar surface area (TPSA) is 87.7 Å². The number of para-hydroxylation sites is 1. The van der Waals surface area contributed by atoms with Crippen molar-refractivity contribution in [1.29, 1.82) is 0 Å². The van der Waals surface area contributed by atoms with Crippen LogP contribution in [0.4, 0.5) is 13.2 Å². The van der Waals surface area contributed by atoms with Crippen molar-refractivity contribution in [3.8, 4) is 5.75 Å². The van der Waals surface area contributed by atoms with Crippen molar-refractivity contribution in [3.05, 3.63) is 70.3 Å². The van der Waals surface area contributed by atoms with Crippen molar-refractivity contribution in [3.63, 3.8) is 0 Å². The van der Waals surface area contributed by atoms with Gasteiger partial charge < -0.3 is 9.47 Å². The predicted molar refractivity (Wildman–Crippen MR) is 102 cm³/mol. The molecule has 31 heavy (non-hydrogen) atoms. The number of benzene rings is 2. The fourth-order valence-electron chi connectivity index (χ4n) is 3.08. The fraction of sp³-hybridized carbons (Fsp3) is 0.200.